The summed E-state index contributed by atoms with van der Waals surface area (Å²) in [6.07, 6.45) is -0.375. The molecule has 3 rings (SSSR count). The summed E-state index contributed by atoms with van der Waals surface area (Å²) in [5, 5.41) is 36.6. The molecule has 0 radical (unpaired) electrons. The fraction of sp³-hybridized carbons (Fsp3) is 0.345. The molecular weight excluding hydrogens is 546 g/mol. The van der Waals surface area contributed by atoms with Gasteiger partial charge in [-0.25, -0.2) is 4.79 Å². The van der Waals surface area contributed by atoms with Crippen LogP contribution >= 0.6 is 0 Å². The smallest absolute Gasteiger partial charge is 0.326 e. The highest BCUT2D eigenvalue weighted by Gasteiger charge is 2.32. The molecule has 0 bridgehead atoms. The van der Waals surface area contributed by atoms with Crippen LogP contribution in [0.5, 0.6) is 0 Å². The maximum absolute atomic E-state index is 13.7. The molecule has 1 heterocycles. The maximum Gasteiger partial charge on any atom is 0.326 e. The minimum Gasteiger partial charge on any atom is -0.481 e. The molecule has 0 aliphatic carbocycles. The van der Waals surface area contributed by atoms with Crippen LogP contribution in [0.15, 0.2) is 60.8 Å². The lowest BCUT2D eigenvalue weighted by molar-refractivity contribution is -0.143. The number of carboxylic acids is 2. The zero-order chi connectivity index (χ0) is 30.8. The monoisotopic (exact) mass is 581 g/mol. The Bertz CT molecular complexity index is 1410. The van der Waals surface area contributed by atoms with Crippen LogP contribution < -0.4 is 21.7 Å². The number of nitrogens with two attached hydrogens (primary N) is 1. The van der Waals surface area contributed by atoms with Crippen molar-refractivity contribution in [1.29, 1.82) is 0 Å². The predicted molar refractivity (Wildman–Crippen MR) is 152 cm³/mol. The van der Waals surface area contributed by atoms with E-state index in [1.54, 1.807) is 36.5 Å². The van der Waals surface area contributed by atoms with Crippen molar-refractivity contribution in [1.82, 2.24) is 20.9 Å². The number of para-hydroxylation sites is 1. The van der Waals surface area contributed by atoms with Crippen molar-refractivity contribution in [3.05, 3.63) is 71.9 Å². The average Bonchev–Trinajstić information content (AvgIpc) is 3.36. The van der Waals surface area contributed by atoms with E-state index >= 15 is 0 Å². The van der Waals surface area contributed by atoms with Crippen LogP contribution in [0.2, 0.25) is 0 Å². The lowest BCUT2D eigenvalue weighted by Crippen LogP contribution is -2.59. The maximum atomic E-state index is 13.7. The zero-order valence-corrected chi connectivity index (χ0v) is 22.9. The molecule has 1 aromatic heterocycles. The van der Waals surface area contributed by atoms with Crippen molar-refractivity contribution in [2.24, 2.45) is 5.73 Å². The molecule has 9 N–H and O–H groups in total. The van der Waals surface area contributed by atoms with Gasteiger partial charge in [-0.3, -0.25) is 19.2 Å². The molecule has 3 aromatic rings. The van der Waals surface area contributed by atoms with E-state index in [2.05, 4.69) is 20.9 Å². The van der Waals surface area contributed by atoms with Crippen molar-refractivity contribution in [3.63, 3.8) is 0 Å². The lowest BCUT2D eigenvalue weighted by Gasteiger charge is -2.25. The number of carboxylic acid groups (broad SMARTS) is 2. The molecule has 224 valence electrons. The summed E-state index contributed by atoms with van der Waals surface area (Å²) in [5.41, 5.74) is 7.95. The number of carbonyl (C=O) groups excluding carboxylic acids is 3. The highest BCUT2D eigenvalue weighted by Crippen LogP contribution is 2.19. The van der Waals surface area contributed by atoms with E-state index in [1.165, 1.54) is 6.92 Å². The molecule has 42 heavy (non-hydrogen) atoms. The van der Waals surface area contributed by atoms with E-state index in [9.17, 15) is 34.2 Å². The molecule has 13 heteroatoms. The lowest BCUT2D eigenvalue weighted by atomic mass is 10.0. The molecule has 3 amide bonds. The van der Waals surface area contributed by atoms with Gasteiger partial charge in [-0.2, -0.15) is 0 Å². The number of hydrogen-bond acceptors (Lipinski definition) is 7. The molecule has 0 aliphatic heterocycles. The Hall–Kier alpha value is -4.75. The number of aliphatic hydroxyl groups is 1. The van der Waals surface area contributed by atoms with Gasteiger partial charge in [-0.15, -0.1) is 0 Å². The van der Waals surface area contributed by atoms with Gasteiger partial charge >= 0.3 is 11.9 Å². The summed E-state index contributed by atoms with van der Waals surface area (Å²) in [6.45, 7) is 1.34. The molecule has 0 saturated carbocycles. The summed E-state index contributed by atoms with van der Waals surface area (Å²) >= 11 is 0. The molecular formula is C29H35N5O8. The second kappa shape index (κ2) is 14.8. The van der Waals surface area contributed by atoms with Crippen molar-refractivity contribution in [2.75, 3.05) is 0 Å². The van der Waals surface area contributed by atoms with Crippen LogP contribution in [0.1, 0.15) is 30.9 Å². The Morgan fingerprint density at radius 2 is 1.38 bits per heavy atom. The third-order valence-corrected chi connectivity index (χ3v) is 6.73. The van der Waals surface area contributed by atoms with Crippen molar-refractivity contribution in [3.8, 4) is 0 Å². The molecule has 0 spiro atoms. The number of aromatic nitrogens is 1. The van der Waals surface area contributed by atoms with Crippen LogP contribution in [0, 0.1) is 0 Å². The van der Waals surface area contributed by atoms with Gasteiger partial charge in [-0.05, 0) is 30.5 Å². The highest BCUT2D eigenvalue weighted by molar-refractivity contribution is 5.95. The number of nitrogens with one attached hydrogen (secondary N) is 4. The quantitative estimate of drug-likeness (QED) is 0.121. The number of H-pyrrole nitrogens is 1. The molecule has 0 fully saturated rings. The number of aromatic amines is 1. The topological polar surface area (TPSA) is 224 Å². The summed E-state index contributed by atoms with van der Waals surface area (Å²) < 4.78 is 0. The summed E-state index contributed by atoms with van der Waals surface area (Å²) in [4.78, 5) is 65.5. The number of aliphatic hydroxyl groups excluding tert-OH is 1. The van der Waals surface area contributed by atoms with Crippen LogP contribution in [-0.4, -0.2) is 80.2 Å². The Balaban J connectivity index is 1.88. The number of amides is 3. The van der Waals surface area contributed by atoms with E-state index in [0.29, 0.717) is 11.1 Å². The van der Waals surface area contributed by atoms with Gasteiger partial charge in [0.05, 0.1) is 6.10 Å². The second-order valence-electron chi connectivity index (χ2n) is 9.97. The number of rotatable bonds is 15. The zero-order valence-electron chi connectivity index (χ0n) is 22.9. The molecule has 2 aromatic carbocycles. The van der Waals surface area contributed by atoms with Crippen molar-refractivity contribution < 1.29 is 39.3 Å². The summed E-state index contributed by atoms with van der Waals surface area (Å²) in [7, 11) is 0. The average molecular weight is 582 g/mol. The fourth-order valence-corrected chi connectivity index (χ4v) is 4.35. The van der Waals surface area contributed by atoms with Crippen LogP contribution in [-0.2, 0) is 36.8 Å². The van der Waals surface area contributed by atoms with Gasteiger partial charge in [-0.1, -0.05) is 48.5 Å². The molecule has 5 atom stereocenters. The summed E-state index contributed by atoms with van der Waals surface area (Å²) in [6, 6.07) is 10.7. The van der Waals surface area contributed by atoms with Crippen LogP contribution in [0.4, 0.5) is 0 Å². The number of fused-ring (bicyclic) bond motifs is 1. The van der Waals surface area contributed by atoms with E-state index < -0.39 is 66.4 Å². The van der Waals surface area contributed by atoms with Crippen LogP contribution in [0.3, 0.4) is 0 Å². The van der Waals surface area contributed by atoms with Crippen molar-refractivity contribution in [2.45, 2.75) is 62.9 Å². The van der Waals surface area contributed by atoms with Gasteiger partial charge in [0, 0.05) is 36.4 Å². The molecule has 13 nitrogen and oxygen atoms in total. The normalized spacial score (nSPS) is 14.6. The molecule has 0 saturated heterocycles. The van der Waals surface area contributed by atoms with Crippen LogP contribution in [0.25, 0.3) is 10.9 Å². The number of carbonyl (C=O) groups is 5. The third kappa shape index (κ3) is 8.88. The first kappa shape index (κ1) is 31.8. The van der Waals surface area contributed by atoms with E-state index in [-0.39, 0.29) is 19.3 Å². The van der Waals surface area contributed by atoms with Gasteiger partial charge in [0.1, 0.15) is 24.2 Å². The number of benzene rings is 2. The third-order valence-electron chi connectivity index (χ3n) is 6.73. The molecule has 5 unspecified atom stereocenters. The van der Waals surface area contributed by atoms with E-state index in [1.807, 2.05) is 24.3 Å². The van der Waals surface area contributed by atoms with Crippen molar-refractivity contribution >= 4 is 40.6 Å². The van der Waals surface area contributed by atoms with Gasteiger partial charge in [0.2, 0.25) is 17.7 Å². The fourth-order valence-electron chi connectivity index (χ4n) is 4.35. The second-order valence-corrected chi connectivity index (χ2v) is 9.97. The van der Waals surface area contributed by atoms with Gasteiger partial charge in [0.25, 0.3) is 0 Å². The standard InChI is InChI=1S/C29H35N5O8/c1-16(35)25(30)28(40)34-23(14-18-15-31-20-10-6-5-9-19(18)20)27(39)33-22(13-17-7-3-2-4-8-17)26(38)32-21(29(41)42)11-12-24(36)37/h2-10,15-16,21-23,25,31,35H,11-14,30H2,1H3,(H,32,38)(H,33,39)(H,34,40)(H,36,37)(H,41,42). The Labute approximate surface area is 241 Å². The van der Waals surface area contributed by atoms with Gasteiger partial charge < -0.3 is 42.0 Å². The predicted octanol–water partition coefficient (Wildman–Crippen LogP) is 0.0650. The molecule has 0 aliphatic rings. The van der Waals surface area contributed by atoms with E-state index in [4.69, 9.17) is 10.8 Å². The Kier molecular flexibility index (Phi) is 11.2. The first-order valence-corrected chi connectivity index (χ1v) is 13.3. The van der Waals surface area contributed by atoms with Gasteiger partial charge in [0.15, 0.2) is 0 Å². The highest BCUT2D eigenvalue weighted by atomic mass is 16.4. The SMILES string of the molecule is CC(O)C(N)C(=O)NC(Cc1c[nH]c2ccccc12)C(=O)NC(Cc1ccccc1)C(=O)NC(CCC(=O)O)C(=O)O. The minimum absolute atomic E-state index is 0.00412. The number of hydrogen-bond donors (Lipinski definition) is 8. The summed E-state index contributed by atoms with van der Waals surface area (Å²) in [5.74, 6) is -5.03. The first-order chi connectivity index (χ1) is 20.0. The number of aliphatic carboxylic acids is 2. The Morgan fingerprint density at radius 1 is 0.810 bits per heavy atom. The van der Waals surface area contributed by atoms with E-state index in [0.717, 1.165) is 10.9 Å². The Morgan fingerprint density at radius 3 is 2.00 bits per heavy atom. The minimum atomic E-state index is -1.51. The first-order valence-electron chi connectivity index (χ1n) is 13.3. The largest absolute Gasteiger partial charge is 0.481 e.